The van der Waals surface area contributed by atoms with Gasteiger partial charge in [0.05, 0.1) is 11.8 Å². The van der Waals surface area contributed by atoms with Crippen LogP contribution in [0.15, 0.2) is 66.9 Å². The van der Waals surface area contributed by atoms with Gasteiger partial charge < -0.3 is 4.74 Å². The zero-order valence-electron chi connectivity index (χ0n) is 10.9. The molecule has 0 saturated carbocycles. The summed E-state index contributed by atoms with van der Waals surface area (Å²) in [7, 11) is 0. The third kappa shape index (κ3) is 3.81. The van der Waals surface area contributed by atoms with E-state index in [1.165, 1.54) is 0 Å². The molecule has 0 aliphatic carbocycles. The number of ether oxygens (including phenoxy) is 1. The summed E-state index contributed by atoms with van der Waals surface area (Å²) in [5.41, 5.74) is 2.55. The van der Waals surface area contributed by atoms with E-state index in [-0.39, 0.29) is 5.78 Å². The first-order chi connectivity index (χ1) is 9.27. The highest BCUT2D eigenvalue weighted by Crippen LogP contribution is 2.15. The summed E-state index contributed by atoms with van der Waals surface area (Å²) < 4.78 is 5.51. The number of carbonyl (C=O) groups excluding carboxylic acids is 1. The van der Waals surface area contributed by atoms with Crippen molar-refractivity contribution in [3.63, 3.8) is 0 Å². The third-order valence-corrected chi connectivity index (χ3v) is 2.76. The predicted octanol–water partition coefficient (Wildman–Crippen LogP) is 3.83. The number of allylic oxidation sites excluding steroid dienone is 1. The van der Waals surface area contributed by atoms with Gasteiger partial charge in [-0.3, -0.25) is 4.79 Å². The van der Waals surface area contributed by atoms with Crippen LogP contribution in [0.5, 0.6) is 0 Å². The summed E-state index contributed by atoms with van der Waals surface area (Å²) in [6, 6.07) is 19.4. The molecule has 2 aromatic carbocycles. The fourth-order valence-electron chi connectivity index (χ4n) is 1.77. The van der Waals surface area contributed by atoms with Gasteiger partial charge in [-0.2, -0.15) is 0 Å². The summed E-state index contributed by atoms with van der Waals surface area (Å²) in [4.78, 5) is 11.6. The number of rotatable bonds is 5. The molecule has 0 amide bonds. The molecule has 0 spiro atoms. The van der Waals surface area contributed by atoms with Crippen LogP contribution >= 0.6 is 0 Å². The molecule has 0 unspecified atom stereocenters. The van der Waals surface area contributed by atoms with Crippen molar-refractivity contribution >= 4 is 11.4 Å². The molecule has 0 aromatic heterocycles. The average molecular weight is 252 g/mol. The molecule has 19 heavy (non-hydrogen) atoms. The van der Waals surface area contributed by atoms with E-state index in [0.717, 1.165) is 11.1 Å². The molecule has 2 heteroatoms. The van der Waals surface area contributed by atoms with Gasteiger partial charge in [-0.15, -0.1) is 0 Å². The highest BCUT2D eigenvalue weighted by molar-refractivity contribution is 6.19. The minimum atomic E-state index is -0.000684. The number of hydrogen-bond donors (Lipinski definition) is 0. The second kappa shape index (κ2) is 6.55. The van der Waals surface area contributed by atoms with Crippen molar-refractivity contribution in [2.24, 2.45) is 0 Å². The zero-order chi connectivity index (χ0) is 13.5. The Balaban J connectivity index is 2.08. The Kier molecular flexibility index (Phi) is 4.51. The fraction of sp³-hybridized carbons (Fsp3) is 0.118. The lowest BCUT2D eigenvalue weighted by Gasteiger charge is -2.06. The minimum absolute atomic E-state index is 0.000684. The van der Waals surface area contributed by atoms with E-state index in [4.69, 9.17) is 4.74 Å². The second-order valence-electron chi connectivity index (χ2n) is 4.25. The number of Topliss-reactive ketones (excluding diaryl/α,β-unsaturated/α-hetero) is 1. The van der Waals surface area contributed by atoms with Gasteiger partial charge in [-0.1, -0.05) is 60.7 Å². The van der Waals surface area contributed by atoms with Crippen LogP contribution in [0.2, 0.25) is 0 Å². The summed E-state index contributed by atoms with van der Waals surface area (Å²) in [6.45, 7) is 2.01. The van der Waals surface area contributed by atoms with Gasteiger partial charge >= 0.3 is 0 Å². The molecule has 2 rings (SSSR count). The molecule has 0 atom stereocenters. The topological polar surface area (TPSA) is 26.3 Å². The van der Waals surface area contributed by atoms with Crippen molar-refractivity contribution in [2.75, 3.05) is 0 Å². The quantitative estimate of drug-likeness (QED) is 0.597. The van der Waals surface area contributed by atoms with E-state index in [1.54, 1.807) is 13.2 Å². The molecular weight excluding hydrogens is 236 g/mol. The van der Waals surface area contributed by atoms with Gasteiger partial charge in [0.1, 0.15) is 6.61 Å². The van der Waals surface area contributed by atoms with Crippen molar-refractivity contribution in [3.05, 3.63) is 78.1 Å². The monoisotopic (exact) mass is 252 g/mol. The van der Waals surface area contributed by atoms with E-state index in [2.05, 4.69) is 0 Å². The Morgan fingerprint density at radius 2 is 1.58 bits per heavy atom. The maximum atomic E-state index is 11.6. The molecule has 2 aromatic rings. The van der Waals surface area contributed by atoms with Crippen LogP contribution in [-0.2, 0) is 16.1 Å². The molecule has 0 aliphatic rings. The Morgan fingerprint density at radius 1 is 1.00 bits per heavy atom. The van der Waals surface area contributed by atoms with E-state index in [9.17, 15) is 4.79 Å². The summed E-state index contributed by atoms with van der Waals surface area (Å²) in [5.74, 6) is -0.000684. The van der Waals surface area contributed by atoms with E-state index < -0.39 is 0 Å². The van der Waals surface area contributed by atoms with Gasteiger partial charge in [0.15, 0.2) is 5.78 Å². The molecule has 0 bridgehead atoms. The molecular formula is C17H16O2. The highest BCUT2D eigenvalue weighted by atomic mass is 16.5. The molecule has 0 N–H and O–H groups in total. The van der Waals surface area contributed by atoms with Gasteiger partial charge in [0.2, 0.25) is 0 Å². The van der Waals surface area contributed by atoms with E-state index >= 15 is 0 Å². The molecule has 0 heterocycles. The first-order valence-corrected chi connectivity index (χ1v) is 6.19. The Labute approximate surface area is 113 Å². The second-order valence-corrected chi connectivity index (χ2v) is 4.25. The Bertz CT molecular complexity index is 556. The first kappa shape index (κ1) is 13.1. The summed E-state index contributed by atoms with van der Waals surface area (Å²) in [6.07, 6.45) is 1.55. The minimum Gasteiger partial charge on any atom is -0.496 e. The van der Waals surface area contributed by atoms with Crippen LogP contribution in [0.3, 0.4) is 0 Å². The van der Waals surface area contributed by atoms with Crippen LogP contribution in [0.25, 0.3) is 5.57 Å². The van der Waals surface area contributed by atoms with Crippen LogP contribution < -0.4 is 0 Å². The number of carbonyl (C=O) groups is 1. The maximum Gasteiger partial charge on any atom is 0.163 e. The number of hydrogen-bond acceptors (Lipinski definition) is 2. The third-order valence-electron chi connectivity index (χ3n) is 2.76. The van der Waals surface area contributed by atoms with Crippen molar-refractivity contribution in [1.29, 1.82) is 0 Å². The van der Waals surface area contributed by atoms with Gasteiger partial charge in [-0.05, 0) is 18.1 Å². The molecule has 2 nitrogen and oxygen atoms in total. The SMILES string of the molecule is CC(=O)/C(=C/OCc1ccccc1)c1ccccc1. The smallest absolute Gasteiger partial charge is 0.163 e. The van der Waals surface area contributed by atoms with Crippen molar-refractivity contribution in [1.82, 2.24) is 0 Å². The molecule has 0 saturated heterocycles. The van der Waals surface area contributed by atoms with Crippen LogP contribution in [-0.4, -0.2) is 5.78 Å². The zero-order valence-corrected chi connectivity index (χ0v) is 10.9. The number of ketones is 1. The maximum absolute atomic E-state index is 11.6. The van der Waals surface area contributed by atoms with Crippen molar-refractivity contribution in [3.8, 4) is 0 Å². The van der Waals surface area contributed by atoms with Gasteiger partial charge in [0.25, 0.3) is 0 Å². The number of benzene rings is 2. The van der Waals surface area contributed by atoms with Crippen molar-refractivity contribution < 1.29 is 9.53 Å². The Morgan fingerprint density at radius 3 is 2.16 bits per heavy atom. The predicted molar refractivity (Wildman–Crippen MR) is 76.3 cm³/mol. The average Bonchev–Trinajstić information content (AvgIpc) is 2.45. The van der Waals surface area contributed by atoms with Gasteiger partial charge in [-0.25, -0.2) is 0 Å². The Hall–Kier alpha value is -2.35. The normalized spacial score (nSPS) is 11.1. The first-order valence-electron chi connectivity index (χ1n) is 6.19. The standard InChI is InChI=1S/C17H16O2/c1-14(18)17(16-10-6-3-7-11-16)13-19-12-15-8-4-2-5-9-15/h2-11,13H,12H2,1H3/b17-13-. The molecule has 0 aliphatic heterocycles. The molecule has 0 fully saturated rings. The van der Waals surface area contributed by atoms with Crippen LogP contribution in [0.4, 0.5) is 0 Å². The highest BCUT2D eigenvalue weighted by Gasteiger charge is 2.06. The largest absolute Gasteiger partial charge is 0.496 e. The lowest BCUT2D eigenvalue weighted by Crippen LogP contribution is -1.97. The van der Waals surface area contributed by atoms with Crippen LogP contribution in [0.1, 0.15) is 18.1 Å². The lowest BCUT2D eigenvalue weighted by molar-refractivity contribution is -0.111. The van der Waals surface area contributed by atoms with Gasteiger partial charge in [0, 0.05) is 0 Å². The summed E-state index contributed by atoms with van der Waals surface area (Å²) in [5, 5.41) is 0. The fourth-order valence-corrected chi connectivity index (χ4v) is 1.77. The molecule has 96 valence electrons. The molecule has 0 radical (unpaired) electrons. The van der Waals surface area contributed by atoms with Crippen molar-refractivity contribution in [2.45, 2.75) is 13.5 Å². The lowest BCUT2D eigenvalue weighted by atomic mass is 10.0. The van der Waals surface area contributed by atoms with E-state index in [0.29, 0.717) is 12.2 Å². The van der Waals surface area contributed by atoms with E-state index in [1.807, 2.05) is 60.7 Å². The van der Waals surface area contributed by atoms with Crippen LogP contribution in [0, 0.1) is 0 Å². The summed E-state index contributed by atoms with van der Waals surface area (Å²) >= 11 is 0.